The second-order valence-electron chi connectivity index (χ2n) is 0.939. The smallest absolute Gasteiger partial charge is 0.156 e. The molecule has 0 radical (unpaired) electrons. The molecule has 0 bridgehead atoms. The van der Waals surface area contributed by atoms with E-state index in [2.05, 4.69) is 4.99 Å². The molecule has 0 saturated carbocycles. The molecule has 0 aliphatic carbocycles. The molecule has 0 heterocycles. The summed E-state index contributed by atoms with van der Waals surface area (Å²) >= 11 is 0. The number of nitrogens with zero attached hydrogens (tertiary/aromatic N) is 1. The summed E-state index contributed by atoms with van der Waals surface area (Å²) in [4.78, 5) is 3.36. The van der Waals surface area contributed by atoms with Gasteiger partial charge in [0.05, 0.1) is 6.21 Å². The van der Waals surface area contributed by atoms with E-state index in [0.29, 0.717) is 0 Å². The third-order valence-corrected chi connectivity index (χ3v) is 0.412. The lowest BCUT2D eigenvalue weighted by Gasteiger charge is -1.76. The van der Waals surface area contributed by atoms with Crippen LogP contribution in [0.1, 0.15) is 0 Å². The van der Waals surface area contributed by atoms with Gasteiger partial charge in [0.25, 0.3) is 0 Å². The van der Waals surface area contributed by atoms with Gasteiger partial charge in [-0.1, -0.05) is 0 Å². The number of nitrogens with two attached hydrogens (primary N) is 1. The lowest BCUT2D eigenvalue weighted by Crippen LogP contribution is -1.82. The van der Waals surface area contributed by atoms with Gasteiger partial charge in [-0.2, -0.15) is 0 Å². The minimum absolute atomic E-state index is 0.512. The highest BCUT2D eigenvalue weighted by atomic mass is 19.1. The molecule has 0 aliphatic heterocycles. The number of hydrogen-bond acceptors (Lipinski definition) is 2. The molecule has 0 aliphatic rings. The van der Waals surface area contributed by atoms with Crippen molar-refractivity contribution in [1.82, 2.24) is 0 Å². The van der Waals surface area contributed by atoms with Crippen molar-refractivity contribution in [3.8, 4) is 0 Å². The van der Waals surface area contributed by atoms with Crippen molar-refractivity contribution in [1.29, 1.82) is 0 Å². The monoisotopic (exact) mass is 102 g/mol. The van der Waals surface area contributed by atoms with Crippen molar-refractivity contribution >= 4 is 6.21 Å². The van der Waals surface area contributed by atoms with Gasteiger partial charge in [0.15, 0.2) is 5.83 Å². The number of halogens is 1. The van der Waals surface area contributed by atoms with Gasteiger partial charge in [-0.3, -0.25) is 4.99 Å². The molecular formula is C4H7FN2. The Morgan fingerprint density at radius 1 is 1.86 bits per heavy atom. The zero-order valence-electron chi connectivity index (χ0n) is 4.06. The average Bonchev–Trinajstić information content (AvgIpc) is 1.68. The highest BCUT2D eigenvalue weighted by Gasteiger charge is 1.78. The molecule has 2 nitrogen and oxygen atoms in total. The molecule has 0 aromatic heterocycles. The predicted molar refractivity (Wildman–Crippen MR) is 27.8 cm³/mol. The molecule has 0 aromatic carbocycles. The third kappa shape index (κ3) is 2.96. The van der Waals surface area contributed by atoms with Gasteiger partial charge in [0, 0.05) is 13.2 Å². The predicted octanol–water partition coefficient (Wildman–Crippen LogP) is 0.457. The molecule has 2 N–H and O–H groups in total. The maximum atomic E-state index is 11.7. The van der Waals surface area contributed by atoms with E-state index in [-0.39, 0.29) is 0 Å². The standard InChI is InChI=1S/C4H7FN2/c1-7-3-4(5)2-6/h2-3H,6H2,1H3/b4-2+,7-3?. The Labute approximate surface area is 41.5 Å². The fraction of sp³-hybridized carbons (Fsp3) is 0.250. The average molecular weight is 102 g/mol. The maximum Gasteiger partial charge on any atom is 0.156 e. The first-order valence-corrected chi connectivity index (χ1v) is 1.81. The first-order valence-electron chi connectivity index (χ1n) is 1.81. The quantitative estimate of drug-likeness (QED) is 0.480. The van der Waals surface area contributed by atoms with Crippen molar-refractivity contribution in [2.75, 3.05) is 7.05 Å². The Morgan fingerprint density at radius 3 is 2.57 bits per heavy atom. The lowest BCUT2D eigenvalue weighted by molar-refractivity contribution is 0.683. The summed E-state index contributed by atoms with van der Waals surface area (Å²) in [7, 11) is 1.48. The van der Waals surface area contributed by atoms with Gasteiger partial charge in [-0.25, -0.2) is 4.39 Å². The normalized spacial score (nSPS) is 13.1. The first-order chi connectivity index (χ1) is 3.31. The lowest BCUT2D eigenvalue weighted by atomic mass is 10.6. The summed E-state index contributed by atoms with van der Waals surface area (Å²) in [6, 6.07) is 0. The highest BCUT2D eigenvalue weighted by Crippen LogP contribution is 1.84. The minimum Gasteiger partial charge on any atom is -0.402 e. The largest absolute Gasteiger partial charge is 0.402 e. The number of rotatable bonds is 1. The van der Waals surface area contributed by atoms with Crippen molar-refractivity contribution in [2.45, 2.75) is 0 Å². The molecule has 0 fully saturated rings. The van der Waals surface area contributed by atoms with E-state index in [1.807, 2.05) is 0 Å². The van der Waals surface area contributed by atoms with E-state index in [1.165, 1.54) is 7.05 Å². The SMILES string of the molecule is CN=C/C(F)=C\N. The topological polar surface area (TPSA) is 38.4 Å². The highest BCUT2D eigenvalue weighted by molar-refractivity contribution is 5.74. The molecule has 0 unspecified atom stereocenters. The first kappa shape index (κ1) is 6.14. The van der Waals surface area contributed by atoms with Crippen LogP contribution >= 0.6 is 0 Å². The molecule has 0 aromatic rings. The maximum absolute atomic E-state index is 11.7. The van der Waals surface area contributed by atoms with Crippen LogP contribution in [0.4, 0.5) is 4.39 Å². The van der Waals surface area contributed by atoms with E-state index in [9.17, 15) is 4.39 Å². The van der Waals surface area contributed by atoms with Crippen molar-refractivity contribution in [3.05, 3.63) is 12.0 Å². The van der Waals surface area contributed by atoms with Crippen LogP contribution in [0.3, 0.4) is 0 Å². The number of allylic oxidation sites excluding steroid dienone is 1. The van der Waals surface area contributed by atoms with E-state index in [0.717, 1.165) is 12.4 Å². The van der Waals surface area contributed by atoms with E-state index >= 15 is 0 Å². The Bertz CT molecular complexity index is 95.9. The van der Waals surface area contributed by atoms with Crippen molar-refractivity contribution in [3.63, 3.8) is 0 Å². The van der Waals surface area contributed by atoms with E-state index in [1.54, 1.807) is 0 Å². The van der Waals surface area contributed by atoms with Crippen LogP contribution in [0, 0.1) is 0 Å². The summed E-state index contributed by atoms with van der Waals surface area (Å²) in [5.74, 6) is -0.512. The van der Waals surface area contributed by atoms with Crippen molar-refractivity contribution < 1.29 is 4.39 Å². The molecule has 0 spiro atoms. The van der Waals surface area contributed by atoms with E-state index in [4.69, 9.17) is 5.73 Å². The second kappa shape index (κ2) is 3.33. The van der Waals surface area contributed by atoms with E-state index < -0.39 is 5.83 Å². The summed E-state index contributed by atoms with van der Waals surface area (Å²) in [5.41, 5.74) is 4.73. The Morgan fingerprint density at radius 2 is 2.43 bits per heavy atom. The van der Waals surface area contributed by atoms with Gasteiger partial charge in [0.2, 0.25) is 0 Å². The molecule has 0 atom stereocenters. The van der Waals surface area contributed by atoms with Crippen LogP contribution in [-0.4, -0.2) is 13.3 Å². The van der Waals surface area contributed by atoms with Crippen LogP contribution in [0.25, 0.3) is 0 Å². The van der Waals surface area contributed by atoms with Gasteiger partial charge < -0.3 is 5.73 Å². The molecule has 0 rings (SSSR count). The zero-order chi connectivity index (χ0) is 5.70. The summed E-state index contributed by atoms with van der Waals surface area (Å²) in [6.45, 7) is 0. The van der Waals surface area contributed by atoms with Crippen LogP contribution in [-0.2, 0) is 0 Å². The fourth-order valence-corrected chi connectivity index (χ4v) is 0.166. The summed E-state index contributed by atoms with van der Waals surface area (Å²) in [6.07, 6.45) is 1.90. The van der Waals surface area contributed by atoms with Gasteiger partial charge in [-0.05, 0) is 0 Å². The van der Waals surface area contributed by atoms with Crippen LogP contribution in [0.5, 0.6) is 0 Å². The Balaban J connectivity index is 3.58. The summed E-state index contributed by atoms with van der Waals surface area (Å²) < 4.78 is 11.7. The van der Waals surface area contributed by atoms with Gasteiger partial charge in [0.1, 0.15) is 0 Å². The van der Waals surface area contributed by atoms with Crippen molar-refractivity contribution in [2.24, 2.45) is 10.7 Å². The molecule has 3 heteroatoms. The molecule has 0 saturated heterocycles. The minimum atomic E-state index is -0.512. The van der Waals surface area contributed by atoms with Gasteiger partial charge in [-0.15, -0.1) is 0 Å². The Hall–Kier alpha value is -0.860. The van der Waals surface area contributed by atoms with Crippen LogP contribution in [0.2, 0.25) is 0 Å². The van der Waals surface area contributed by atoms with Crippen LogP contribution < -0.4 is 5.73 Å². The second-order valence-corrected chi connectivity index (χ2v) is 0.939. The number of hydrogen-bond donors (Lipinski definition) is 1. The molecular weight excluding hydrogens is 95.1 g/mol. The molecule has 7 heavy (non-hydrogen) atoms. The summed E-state index contributed by atoms with van der Waals surface area (Å²) in [5, 5.41) is 0. The zero-order valence-corrected chi connectivity index (χ0v) is 4.06. The van der Waals surface area contributed by atoms with Gasteiger partial charge >= 0.3 is 0 Å². The third-order valence-electron chi connectivity index (χ3n) is 0.412. The fourth-order valence-electron chi connectivity index (χ4n) is 0.166. The Kier molecular flexibility index (Phi) is 2.92. The number of aliphatic imine (C=N–C) groups is 1. The molecule has 40 valence electrons. The molecule has 0 amide bonds. The van der Waals surface area contributed by atoms with Crippen LogP contribution in [0.15, 0.2) is 17.0 Å².